The maximum Gasteiger partial charge on any atom is 0.309 e. The quantitative estimate of drug-likeness (QED) is 0.732. The lowest BCUT2D eigenvalue weighted by molar-refractivity contribution is -0.136. The van der Waals surface area contributed by atoms with Crippen LogP contribution in [0.2, 0.25) is 5.02 Å². The van der Waals surface area contributed by atoms with Gasteiger partial charge in [-0.3, -0.25) is 9.59 Å². The summed E-state index contributed by atoms with van der Waals surface area (Å²) in [4.78, 5) is 25.7. The first-order valence-corrected chi connectivity index (χ1v) is 9.26. The number of amides is 1. The molecule has 0 saturated heterocycles. The highest BCUT2D eigenvalue weighted by molar-refractivity contribution is 7.92. The molecule has 1 aromatic heterocycles. The predicted molar refractivity (Wildman–Crippen MR) is 84.9 cm³/mol. The van der Waals surface area contributed by atoms with Gasteiger partial charge < -0.3 is 10.3 Å². The third-order valence-corrected chi connectivity index (χ3v) is 5.53. The van der Waals surface area contributed by atoms with Crippen molar-refractivity contribution in [1.29, 1.82) is 0 Å². The molecule has 2 aromatic rings. The summed E-state index contributed by atoms with van der Waals surface area (Å²) in [6.45, 7) is 0. The van der Waals surface area contributed by atoms with Crippen LogP contribution < -0.4 is 4.80 Å². The van der Waals surface area contributed by atoms with Crippen molar-refractivity contribution in [2.75, 3.05) is 5.75 Å². The maximum absolute atomic E-state index is 12.1. The van der Waals surface area contributed by atoms with Crippen LogP contribution in [-0.2, 0) is 25.8 Å². The van der Waals surface area contributed by atoms with E-state index in [1.54, 1.807) is 0 Å². The molecular weight excluding hydrogens is 380 g/mol. The van der Waals surface area contributed by atoms with Crippen LogP contribution in [0, 0.1) is 0 Å². The Morgan fingerprint density at radius 2 is 1.88 bits per heavy atom. The predicted octanol–water partition coefficient (Wildman–Crippen LogP) is 0.969. The largest absolute Gasteiger partial charge is 0.481 e. The number of hydrogen-bond donors (Lipinski definition) is 2. The Morgan fingerprint density at radius 1 is 1.25 bits per heavy atom. The van der Waals surface area contributed by atoms with Gasteiger partial charge in [0, 0.05) is 10.4 Å². The highest BCUT2D eigenvalue weighted by Gasteiger charge is 2.19. The van der Waals surface area contributed by atoms with Crippen molar-refractivity contribution in [3.8, 4) is 0 Å². The second kappa shape index (κ2) is 7.16. The molecule has 2 rings (SSSR count). The molecule has 0 saturated carbocycles. The monoisotopic (exact) mass is 390 g/mol. The van der Waals surface area contributed by atoms with Gasteiger partial charge in [0.1, 0.15) is 5.75 Å². The molecule has 128 valence electrons. The Balaban J connectivity index is 2.22. The van der Waals surface area contributed by atoms with Gasteiger partial charge in [0.15, 0.2) is 9.84 Å². The number of hydrogen-bond acceptors (Lipinski definition) is 6. The van der Waals surface area contributed by atoms with Crippen molar-refractivity contribution in [1.82, 2.24) is 4.73 Å². The van der Waals surface area contributed by atoms with Crippen molar-refractivity contribution in [3.63, 3.8) is 0 Å². The Hall–Kier alpha value is -2.17. The van der Waals surface area contributed by atoms with Gasteiger partial charge in [-0.25, -0.2) is 8.42 Å². The summed E-state index contributed by atoms with van der Waals surface area (Å²) in [6, 6.07) is 5.31. The van der Waals surface area contributed by atoms with E-state index in [1.165, 1.54) is 29.6 Å². The topological polar surface area (TPSA) is 126 Å². The second-order valence-corrected chi connectivity index (χ2v) is 7.87. The number of benzene rings is 1. The SMILES string of the molecule is O=C(O)Cc1csc(=NC(=O)CS(=O)(=O)c2ccc(Cl)cc2)n1O. The zero-order chi connectivity index (χ0) is 17.9. The molecule has 0 aliphatic carbocycles. The van der Waals surface area contributed by atoms with E-state index in [4.69, 9.17) is 16.7 Å². The molecule has 2 N–H and O–H groups in total. The van der Waals surface area contributed by atoms with Crippen LogP contribution in [0.4, 0.5) is 0 Å². The van der Waals surface area contributed by atoms with Gasteiger partial charge in [0.2, 0.25) is 4.80 Å². The molecule has 0 bridgehead atoms. The first kappa shape index (κ1) is 18.2. The molecule has 24 heavy (non-hydrogen) atoms. The maximum atomic E-state index is 12.1. The van der Waals surface area contributed by atoms with Crippen molar-refractivity contribution in [2.45, 2.75) is 11.3 Å². The number of aliphatic carboxylic acids is 1. The van der Waals surface area contributed by atoms with Crippen molar-refractivity contribution < 1.29 is 28.3 Å². The number of carboxylic acids is 1. The lowest BCUT2D eigenvalue weighted by Gasteiger charge is -2.01. The van der Waals surface area contributed by atoms with Crippen LogP contribution in [0.5, 0.6) is 0 Å². The first-order chi connectivity index (χ1) is 11.2. The fraction of sp³-hybridized carbons (Fsp3) is 0.154. The third-order valence-electron chi connectivity index (χ3n) is 2.79. The number of carboxylic acid groups (broad SMARTS) is 1. The number of rotatable bonds is 5. The molecule has 1 amide bonds. The van der Waals surface area contributed by atoms with E-state index in [1.807, 2.05) is 0 Å². The van der Waals surface area contributed by atoms with Crippen LogP contribution >= 0.6 is 22.9 Å². The Morgan fingerprint density at radius 3 is 2.46 bits per heavy atom. The summed E-state index contributed by atoms with van der Waals surface area (Å²) in [5, 5.41) is 20.1. The number of halogens is 1. The summed E-state index contributed by atoms with van der Waals surface area (Å²) in [6.07, 6.45) is -0.459. The Labute approximate surface area is 145 Å². The normalized spacial score (nSPS) is 12.3. The molecule has 0 radical (unpaired) electrons. The minimum absolute atomic E-state index is 0.0274. The number of thiazole rings is 1. The summed E-state index contributed by atoms with van der Waals surface area (Å²) in [5.74, 6) is -3.05. The van der Waals surface area contributed by atoms with Gasteiger partial charge >= 0.3 is 5.97 Å². The number of nitrogens with zero attached hydrogens (tertiary/aromatic N) is 2. The van der Waals surface area contributed by atoms with Crippen molar-refractivity contribution in [3.05, 3.63) is 45.2 Å². The molecule has 1 aromatic carbocycles. The minimum atomic E-state index is -3.90. The summed E-state index contributed by atoms with van der Waals surface area (Å²) in [7, 11) is -3.90. The fourth-order valence-corrected chi connectivity index (χ4v) is 3.74. The molecule has 0 unspecified atom stereocenters. The molecule has 0 fully saturated rings. The van der Waals surface area contributed by atoms with Crippen molar-refractivity contribution in [2.24, 2.45) is 4.99 Å². The van der Waals surface area contributed by atoms with Gasteiger partial charge in [-0.2, -0.15) is 9.72 Å². The van der Waals surface area contributed by atoms with E-state index < -0.39 is 33.9 Å². The molecule has 11 heteroatoms. The van der Waals surface area contributed by atoms with E-state index in [9.17, 15) is 23.2 Å². The first-order valence-electron chi connectivity index (χ1n) is 6.35. The molecule has 0 atom stereocenters. The highest BCUT2D eigenvalue weighted by atomic mass is 35.5. The second-order valence-electron chi connectivity index (χ2n) is 4.61. The molecule has 0 aliphatic heterocycles. The zero-order valence-electron chi connectivity index (χ0n) is 11.9. The van der Waals surface area contributed by atoms with Crippen LogP contribution in [0.1, 0.15) is 5.69 Å². The summed E-state index contributed by atoms with van der Waals surface area (Å²) >= 11 is 6.50. The van der Waals surface area contributed by atoms with Crippen LogP contribution in [0.3, 0.4) is 0 Å². The number of carbonyl (C=O) groups is 2. The van der Waals surface area contributed by atoms with Crippen LogP contribution in [-0.4, -0.2) is 41.1 Å². The van der Waals surface area contributed by atoms with E-state index in [0.29, 0.717) is 9.75 Å². The highest BCUT2D eigenvalue weighted by Crippen LogP contribution is 2.15. The van der Waals surface area contributed by atoms with Gasteiger partial charge in [0.05, 0.1) is 17.0 Å². The van der Waals surface area contributed by atoms with Gasteiger partial charge in [-0.15, -0.1) is 11.3 Å². The lowest BCUT2D eigenvalue weighted by Crippen LogP contribution is -2.21. The minimum Gasteiger partial charge on any atom is -0.481 e. The van der Waals surface area contributed by atoms with E-state index in [0.717, 1.165) is 11.3 Å². The molecule has 0 aliphatic rings. The van der Waals surface area contributed by atoms with Gasteiger partial charge in [-0.05, 0) is 24.3 Å². The average Bonchev–Trinajstić information content (AvgIpc) is 2.79. The van der Waals surface area contributed by atoms with Crippen LogP contribution in [0.15, 0.2) is 39.5 Å². The van der Waals surface area contributed by atoms with Crippen molar-refractivity contribution >= 4 is 44.7 Å². The van der Waals surface area contributed by atoms with Crippen LogP contribution in [0.25, 0.3) is 0 Å². The zero-order valence-corrected chi connectivity index (χ0v) is 14.3. The van der Waals surface area contributed by atoms with Gasteiger partial charge in [0.25, 0.3) is 5.91 Å². The molecule has 1 heterocycles. The van der Waals surface area contributed by atoms with E-state index in [-0.39, 0.29) is 15.4 Å². The molecule has 8 nitrogen and oxygen atoms in total. The average molecular weight is 391 g/mol. The Bertz CT molecular complexity index is 944. The lowest BCUT2D eigenvalue weighted by atomic mass is 10.3. The standard InChI is InChI=1S/C13H11ClN2O6S2/c14-8-1-3-10(4-2-8)24(21,22)7-11(17)15-13-16(20)9(6-23-13)5-12(18)19/h1-4,6,20H,5,7H2,(H,18,19). The van der Waals surface area contributed by atoms with E-state index in [2.05, 4.69) is 4.99 Å². The number of carbonyl (C=O) groups excluding carboxylic acids is 1. The van der Waals surface area contributed by atoms with Gasteiger partial charge in [-0.1, -0.05) is 11.6 Å². The summed E-state index contributed by atoms with van der Waals surface area (Å²) < 4.78 is 24.7. The fourth-order valence-electron chi connectivity index (χ4n) is 1.72. The molecule has 0 spiro atoms. The summed E-state index contributed by atoms with van der Waals surface area (Å²) in [5.41, 5.74) is 0.0274. The smallest absolute Gasteiger partial charge is 0.309 e. The third kappa shape index (κ3) is 4.43. The number of aromatic nitrogens is 1. The number of sulfone groups is 1. The van der Waals surface area contributed by atoms with E-state index >= 15 is 0 Å². The Kier molecular flexibility index (Phi) is 5.42. The molecular formula is C13H11ClN2O6S2.